The van der Waals surface area contributed by atoms with E-state index in [0.717, 1.165) is 0 Å². The molecule has 0 heterocycles. The summed E-state index contributed by atoms with van der Waals surface area (Å²) in [5, 5.41) is 0. The highest BCUT2D eigenvalue weighted by atomic mass is 28.4. The molecule has 12 nitrogen and oxygen atoms in total. The predicted octanol–water partition coefficient (Wildman–Crippen LogP) is 2.95. The quantitative estimate of drug-likeness (QED) is 0.119. The minimum Gasteiger partial charge on any atom is -0.379 e. The maximum atomic E-state index is 5.69. The number of ether oxygens (including phenoxy) is 8. The van der Waals surface area contributed by atoms with Gasteiger partial charge in [-0.25, -0.2) is 0 Å². The van der Waals surface area contributed by atoms with Crippen molar-refractivity contribution in [1.82, 2.24) is 0 Å². The van der Waals surface area contributed by atoms with E-state index in [4.69, 9.17) is 55.6 Å². The molecule has 0 amide bonds. The van der Waals surface area contributed by atoms with Gasteiger partial charge in [0.1, 0.15) is 0 Å². The van der Waals surface area contributed by atoms with E-state index in [-0.39, 0.29) is 0 Å². The Morgan fingerprint density at radius 1 is 0.500 bits per heavy atom. The summed E-state index contributed by atoms with van der Waals surface area (Å²) in [6, 6.07) is 0. The number of hydrogen-bond acceptors (Lipinski definition) is 12. The van der Waals surface area contributed by atoms with E-state index in [9.17, 15) is 0 Å². The summed E-state index contributed by atoms with van der Waals surface area (Å²) < 4.78 is 65.9. The Balaban J connectivity index is 4.25. The van der Waals surface area contributed by atoms with Crippen LogP contribution < -0.4 is 0 Å². The van der Waals surface area contributed by atoms with Crippen LogP contribution in [0.15, 0.2) is 0 Å². The molecule has 0 aromatic carbocycles. The Bertz CT molecular complexity index is 476. The van der Waals surface area contributed by atoms with Gasteiger partial charge in [0, 0.05) is 27.9 Å². The predicted molar refractivity (Wildman–Crippen MR) is 123 cm³/mol. The molecule has 0 aliphatic rings. The van der Waals surface area contributed by atoms with Gasteiger partial charge in [0.15, 0.2) is 44.0 Å². The molecular weight excluding hydrogens is 472 g/mol. The van der Waals surface area contributed by atoms with Crippen molar-refractivity contribution in [3.63, 3.8) is 0 Å². The third kappa shape index (κ3) is 15.7. The zero-order chi connectivity index (χ0) is 26.1. The third-order valence-electron chi connectivity index (χ3n) is 4.14. The normalized spacial score (nSPS) is 18.8. The topological polar surface area (TPSA) is 111 Å². The molecule has 0 aliphatic carbocycles. The van der Waals surface area contributed by atoms with Crippen molar-refractivity contribution in [2.75, 3.05) is 41.2 Å². The van der Waals surface area contributed by atoms with Gasteiger partial charge in [0.25, 0.3) is 0 Å². The first kappa shape index (κ1) is 33.7. The minimum atomic E-state index is -3.24. The lowest BCUT2D eigenvalue weighted by atomic mass is 10.6. The highest BCUT2D eigenvalue weighted by molar-refractivity contribution is 6.53. The molecule has 0 rings (SSSR count). The highest BCUT2D eigenvalue weighted by Gasteiger charge is 2.44. The fourth-order valence-electron chi connectivity index (χ4n) is 2.86. The molecule has 0 aromatic heterocycles. The Labute approximate surface area is 205 Å². The first-order valence-corrected chi connectivity index (χ1v) is 13.1. The van der Waals surface area contributed by atoms with Crippen LogP contribution in [0.2, 0.25) is 0 Å². The minimum absolute atomic E-state index is 0.442. The molecule has 0 saturated carbocycles. The van der Waals surface area contributed by atoms with Gasteiger partial charge in [-0.1, -0.05) is 0 Å². The van der Waals surface area contributed by atoms with Crippen LogP contribution >= 0.6 is 0 Å². The third-order valence-corrected chi connectivity index (χ3v) is 6.26. The van der Waals surface area contributed by atoms with E-state index in [2.05, 4.69) is 0 Å². The van der Waals surface area contributed by atoms with Crippen molar-refractivity contribution in [2.45, 2.75) is 99.4 Å². The van der Waals surface area contributed by atoms with Crippen molar-refractivity contribution in [3.8, 4) is 0 Å². The van der Waals surface area contributed by atoms with E-state index in [1.165, 1.54) is 21.3 Å². The lowest BCUT2D eigenvalue weighted by Gasteiger charge is -2.29. The Hall–Kier alpha value is -0.263. The van der Waals surface area contributed by atoms with E-state index >= 15 is 0 Å². The molecule has 0 spiro atoms. The van der Waals surface area contributed by atoms with Crippen molar-refractivity contribution < 1.29 is 55.6 Å². The maximum Gasteiger partial charge on any atom is 0.680 e. The summed E-state index contributed by atoms with van der Waals surface area (Å²) in [4.78, 5) is 0. The second-order valence-corrected chi connectivity index (χ2v) is 9.55. The van der Waals surface area contributed by atoms with Crippen LogP contribution in [-0.2, 0) is 55.6 Å². The molecule has 7 unspecified atom stereocenters. The molecule has 0 aliphatic heterocycles. The van der Waals surface area contributed by atoms with Crippen LogP contribution in [0, 0.1) is 0 Å². The molecule has 0 saturated heterocycles. The first-order valence-electron chi connectivity index (χ1n) is 11.5. The SMILES string of the molecule is CCOCCOC(C)OC(C)OC(C)OC(C)OC(C)OC(C)OC(C)O[Si](OC)(OC)OC. The molecule has 34 heavy (non-hydrogen) atoms. The molecule has 0 N–H and O–H groups in total. The number of rotatable bonds is 22. The summed E-state index contributed by atoms with van der Waals surface area (Å²) in [6.07, 6.45) is -4.19. The second kappa shape index (κ2) is 18.9. The molecule has 13 heteroatoms. The first-order chi connectivity index (χ1) is 16.0. The van der Waals surface area contributed by atoms with Crippen molar-refractivity contribution in [3.05, 3.63) is 0 Å². The lowest BCUT2D eigenvalue weighted by Crippen LogP contribution is -2.49. The fraction of sp³-hybridized carbons (Fsp3) is 1.00. The van der Waals surface area contributed by atoms with Gasteiger partial charge in [-0.3, -0.25) is 0 Å². The van der Waals surface area contributed by atoms with Crippen molar-refractivity contribution in [2.24, 2.45) is 0 Å². The number of hydrogen-bond donors (Lipinski definition) is 0. The summed E-state index contributed by atoms with van der Waals surface area (Å²) in [7, 11) is 1.10. The van der Waals surface area contributed by atoms with Gasteiger partial charge in [-0.2, -0.15) is 0 Å². The molecule has 0 radical (unpaired) electrons. The van der Waals surface area contributed by atoms with Gasteiger partial charge in [-0.15, -0.1) is 0 Å². The molecule has 7 atom stereocenters. The summed E-state index contributed by atoms with van der Waals surface area (Å²) in [5.74, 6) is 0. The Kier molecular flexibility index (Phi) is 18.8. The maximum absolute atomic E-state index is 5.69. The average molecular weight is 519 g/mol. The molecule has 0 fully saturated rings. The highest BCUT2D eigenvalue weighted by Crippen LogP contribution is 2.15. The summed E-state index contributed by atoms with van der Waals surface area (Å²) >= 11 is 0. The largest absolute Gasteiger partial charge is 0.680 e. The molecular formula is C21H46O12Si. The van der Waals surface area contributed by atoms with E-state index in [0.29, 0.717) is 19.8 Å². The van der Waals surface area contributed by atoms with Gasteiger partial charge >= 0.3 is 9.05 Å². The Morgan fingerprint density at radius 2 is 0.853 bits per heavy atom. The van der Waals surface area contributed by atoms with Gasteiger partial charge in [0.2, 0.25) is 0 Å². The molecule has 0 aromatic rings. The van der Waals surface area contributed by atoms with Gasteiger partial charge < -0.3 is 55.6 Å². The van der Waals surface area contributed by atoms with Crippen LogP contribution in [0.3, 0.4) is 0 Å². The Morgan fingerprint density at radius 3 is 1.21 bits per heavy atom. The van der Waals surface area contributed by atoms with Crippen molar-refractivity contribution >= 4 is 9.05 Å². The van der Waals surface area contributed by atoms with Crippen LogP contribution in [0.4, 0.5) is 0 Å². The smallest absolute Gasteiger partial charge is 0.379 e. The summed E-state index contributed by atoms with van der Waals surface area (Å²) in [6.45, 7) is 15.7. The van der Waals surface area contributed by atoms with Gasteiger partial charge in [-0.05, 0) is 55.4 Å². The zero-order valence-corrected chi connectivity index (χ0v) is 23.6. The summed E-state index contributed by atoms with van der Waals surface area (Å²) in [5.41, 5.74) is 0. The standard InChI is InChI=1S/C21H46O12Si/c1-12-25-13-14-26-15(2)27-16(3)28-17(4)29-18(5)30-19(6)31-20(7)32-21(8)33-34(22-9,23-10)24-11/h15-21H,12-14H2,1-11H3. The van der Waals surface area contributed by atoms with E-state index in [1.807, 2.05) is 6.92 Å². The van der Waals surface area contributed by atoms with Gasteiger partial charge in [0.05, 0.1) is 13.2 Å². The lowest BCUT2D eigenvalue weighted by molar-refractivity contribution is -0.338. The second-order valence-electron chi connectivity index (χ2n) is 7.09. The molecule has 0 bridgehead atoms. The fourth-order valence-corrected chi connectivity index (χ4v) is 4.11. The zero-order valence-electron chi connectivity index (χ0n) is 22.6. The van der Waals surface area contributed by atoms with Crippen LogP contribution in [0.25, 0.3) is 0 Å². The average Bonchev–Trinajstić information content (AvgIpc) is 2.74. The van der Waals surface area contributed by atoms with E-state index in [1.54, 1.807) is 48.5 Å². The van der Waals surface area contributed by atoms with Crippen LogP contribution in [0.1, 0.15) is 55.4 Å². The van der Waals surface area contributed by atoms with Crippen LogP contribution in [0.5, 0.6) is 0 Å². The van der Waals surface area contributed by atoms with Crippen LogP contribution in [-0.4, -0.2) is 94.2 Å². The van der Waals surface area contributed by atoms with Crippen molar-refractivity contribution in [1.29, 1.82) is 0 Å². The monoisotopic (exact) mass is 518 g/mol. The molecule has 206 valence electrons. The van der Waals surface area contributed by atoms with E-state index < -0.39 is 53.1 Å².